The lowest BCUT2D eigenvalue weighted by Gasteiger charge is -2.20. The van der Waals surface area contributed by atoms with Gasteiger partial charge in [-0.05, 0) is 35.9 Å². The average molecular weight is 666 g/mol. The maximum absolute atomic E-state index is 14.3. The Hall–Kier alpha value is -4.91. The second kappa shape index (κ2) is 14.0. The number of benzene rings is 2. The van der Waals surface area contributed by atoms with E-state index in [1.807, 2.05) is 0 Å². The number of amides is 2. The zero-order chi connectivity index (χ0) is 33.0. The van der Waals surface area contributed by atoms with E-state index in [2.05, 4.69) is 34.1 Å². The van der Waals surface area contributed by atoms with Gasteiger partial charge in [0.15, 0.2) is 0 Å². The Labute approximate surface area is 274 Å². The summed E-state index contributed by atoms with van der Waals surface area (Å²) in [6.07, 6.45) is 3.94. The smallest absolute Gasteiger partial charge is 0.260 e. The molecule has 1 aliphatic rings. The van der Waals surface area contributed by atoms with E-state index >= 15 is 0 Å². The highest BCUT2D eigenvalue weighted by atomic mass is 35.5. The number of fused-ring (bicyclic) bond motifs is 1. The van der Waals surface area contributed by atoms with Gasteiger partial charge in [-0.15, -0.1) is 0 Å². The van der Waals surface area contributed by atoms with Crippen LogP contribution in [0.1, 0.15) is 5.56 Å². The van der Waals surface area contributed by atoms with Crippen molar-refractivity contribution in [2.24, 2.45) is 0 Å². The second-order valence-corrected chi connectivity index (χ2v) is 11.0. The number of anilines is 2. The highest BCUT2D eigenvalue weighted by Crippen LogP contribution is 2.45. The Morgan fingerprint density at radius 1 is 1.02 bits per heavy atom. The van der Waals surface area contributed by atoms with Crippen molar-refractivity contribution in [3.63, 3.8) is 0 Å². The normalized spacial score (nSPS) is 15.7. The lowest BCUT2D eigenvalue weighted by atomic mass is 10.0. The van der Waals surface area contributed by atoms with Gasteiger partial charge in [-0.25, -0.2) is 4.98 Å². The molecule has 1 fully saturated rings. The molecule has 14 heteroatoms. The van der Waals surface area contributed by atoms with Crippen LogP contribution in [-0.2, 0) is 20.9 Å². The first kappa shape index (κ1) is 32.5. The second-order valence-electron chi connectivity index (χ2n) is 10.2. The monoisotopic (exact) mass is 664 g/mol. The van der Waals surface area contributed by atoms with Gasteiger partial charge in [-0.3, -0.25) is 19.0 Å². The highest BCUT2D eigenvalue weighted by Gasteiger charge is 2.30. The Morgan fingerprint density at radius 2 is 1.67 bits per heavy atom. The fourth-order valence-electron chi connectivity index (χ4n) is 4.99. The summed E-state index contributed by atoms with van der Waals surface area (Å²) in [5.74, 6) is 0.0939. The van der Waals surface area contributed by atoms with Crippen molar-refractivity contribution in [2.75, 3.05) is 38.1 Å². The predicted octanol–water partition coefficient (Wildman–Crippen LogP) is 4.44. The van der Waals surface area contributed by atoms with Gasteiger partial charge in [0.1, 0.15) is 17.1 Å². The number of methoxy groups -OCH3 is 2. The van der Waals surface area contributed by atoms with Crippen LogP contribution < -0.4 is 31.0 Å². The molecule has 0 aliphatic carbocycles. The number of aromatic nitrogens is 3. The molecular formula is C32H30Cl2N6O6. The minimum atomic E-state index is -0.444. The van der Waals surface area contributed by atoms with E-state index in [1.165, 1.54) is 30.9 Å². The summed E-state index contributed by atoms with van der Waals surface area (Å²) in [6.45, 7) is 7.66. The number of hydrogen-bond acceptors (Lipinski definition) is 9. The summed E-state index contributed by atoms with van der Waals surface area (Å²) in [7, 11) is 2.90. The van der Waals surface area contributed by atoms with Crippen molar-refractivity contribution < 1.29 is 23.8 Å². The van der Waals surface area contributed by atoms with Crippen LogP contribution in [0.15, 0.2) is 72.7 Å². The number of nitrogens with zero attached hydrogens (tertiary/aromatic N) is 3. The van der Waals surface area contributed by atoms with Crippen LogP contribution >= 0.6 is 23.2 Å². The van der Waals surface area contributed by atoms with Gasteiger partial charge in [0.25, 0.3) is 5.56 Å². The Morgan fingerprint density at radius 3 is 2.30 bits per heavy atom. The molecule has 0 saturated carbocycles. The van der Waals surface area contributed by atoms with Crippen LogP contribution in [0.3, 0.4) is 0 Å². The zero-order valence-corrected chi connectivity index (χ0v) is 26.4. The molecule has 3 N–H and O–H groups in total. The van der Waals surface area contributed by atoms with Gasteiger partial charge in [0, 0.05) is 28.9 Å². The van der Waals surface area contributed by atoms with Crippen LogP contribution in [0.4, 0.5) is 11.6 Å². The number of hydrogen-bond donors (Lipinski definition) is 3. The number of rotatable bonds is 11. The van der Waals surface area contributed by atoms with Crippen LogP contribution in [0.2, 0.25) is 10.0 Å². The molecule has 46 heavy (non-hydrogen) atoms. The molecule has 0 spiro atoms. The zero-order valence-electron chi connectivity index (χ0n) is 24.9. The van der Waals surface area contributed by atoms with Crippen molar-refractivity contribution in [3.05, 3.63) is 93.9 Å². The maximum Gasteiger partial charge on any atom is 0.260 e. The highest BCUT2D eigenvalue weighted by molar-refractivity contribution is 6.41. The molecule has 0 bridgehead atoms. The molecule has 2 amide bonds. The third-order valence-corrected chi connectivity index (χ3v) is 8.08. The van der Waals surface area contributed by atoms with Gasteiger partial charge >= 0.3 is 0 Å². The van der Waals surface area contributed by atoms with Gasteiger partial charge in [-0.2, -0.15) is 4.98 Å². The standard InChI is InChI=1S/C32H30Cl2N6O6/c1-5-25(41)36-19-9-7-17(8-10-19)14-40-30-18(13-35-32(39-30)38-22-16-46-15-21(22)37-26(42)6-2)11-20(31(40)43)27-28(33)23(44-3)12-24(45-4)29(27)34/h5-13,21-22H,1-2,14-16H2,3-4H3,(H,36,41)(H,37,42)(H,35,38,39)/t21-,22+/m0/s1. The summed E-state index contributed by atoms with van der Waals surface area (Å²) in [5, 5.41) is 9.52. The Kier molecular flexibility index (Phi) is 9.90. The Balaban J connectivity index is 1.63. The summed E-state index contributed by atoms with van der Waals surface area (Å²) in [5.41, 5.74) is 1.59. The number of pyridine rings is 1. The fraction of sp³-hybridized carbons (Fsp3) is 0.219. The van der Waals surface area contributed by atoms with Gasteiger partial charge < -0.3 is 30.2 Å². The molecule has 3 heterocycles. The summed E-state index contributed by atoms with van der Waals surface area (Å²) < 4.78 is 17.9. The van der Waals surface area contributed by atoms with E-state index in [1.54, 1.807) is 42.6 Å². The first-order valence-electron chi connectivity index (χ1n) is 14.0. The van der Waals surface area contributed by atoms with Crippen molar-refractivity contribution in [1.29, 1.82) is 0 Å². The molecule has 2 aromatic carbocycles. The number of carbonyl (C=O) groups is 2. The fourth-order valence-corrected chi connectivity index (χ4v) is 5.70. The molecular weight excluding hydrogens is 635 g/mol. The number of nitrogens with one attached hydrogen (secondary N) is 3. The molecule has 0 unspecified atom stereocenters. The summed E-state index contributed by atoms with van der Waals surface area (Å²) >= 11 is 13.4. The van der Waals surface area contributed by atoms with E-state index in [9.17, 15) is 14.4 Å². The first-order chi connectivity index (χ1) is 22.2. The van der Waals surface area contributed by atoms with E-state index in [0.717, 1.165) is 5.56 Å². The molecule has 238 valence electrons. The van der Waals surface area contributed by atoms with Crippen molar-refractivity contribution >= 4 is 57.7 Å². The molecule has 2 atom stereocenters. The van der Waals surface area contributed by atoms with Crippen LogP contribution in [0.5, 0.6) is 11.5 Å². The molecule has 0 radical (unpaired) electrons. The largest absolute Gasteiger partial charge is 0.495 e. The summed E-state index contributed by atoms with van der Waals surface area (Å²) in [6, 6.07) is 9.47. The van der Waals surface area contributed by atoms with Crippen molar-refractivity contribution in [2.45, 2.75) is 18.6 Å². The third kappa shape index (κ3) is 6.69. The summed E-state index contributed by atoms with van der Waals surface area (Å²) in [4.78, 5) is 47.2. The number of carbonyl (C=O) groups excluding carboxylic acids is 2. The Bertz CT molecular complexity index is 1870. The quantitative estimate of drug-likeness (QED) is 0.198. The molecule has 4 aromatic rings. The van der Waals surface area contributed by atoms with Crippen LogP contribution in [-0.4, -0.2) is 65.9 Å². The maximum atomic E-state index is 14.3. The predicted molar refractivity (Wildman–Crippen MR) is 177 cm³/mol. The van der Waals surface area contributed by atoms with Crippen LogP contribution in [0.25, 0.3) is 22.2 Å². The topological polar surface area (TPSA) is 146 Å². The third-order valence-electron chi connectivity index (χ3n) is 7.33. The lowest BCUT2D eigenvalue weighted by molar-refractivity contribution is -0.117. The van der Waals surface area contributed by atoms with E-state index < -0.39 is 5.56 Å². The van der Waals surface area contributed by atoms with E-state index in [0.29, 0.717) is 29.9 Å². The minimum absolute atomic E-state index is 0.0935. The molecule has 2 aromatic heterocycles. The lowest BCUT2D eigenvalue weighted by Crippen LogP contribution is -2.45. The minimum Gasteiger partial charge on any atom is -0.495 e. The molecule has 1 saturated heterocycles. The van der Waals surface area contributed by atoms with E-state index in [4.69, 9.17) is 42.4 Å². The first-order valence-corrected chi connectivity index (χ1v) is 14.7. The van der Waals surface area contributed by atoms with Gasteiger partial charge in [-0.1, -0.05) is 48.5 Å². The van der Waals surface area contributed by atoms with Crippen molar-refractivity contribution in [3.8, 4) is 22.6 Å². The number of ether oxygens (including phenoxy) is 3. The molecule has 5 rings (SSSR count). The number of halogens is 2. The SMILES string of the molecule is C=CC(=O)Nc1ccc(Cn2c(=O)c(-c3c(Cl)c(OC)cc(OC)c3Cl)cc3cnc(N[C@@H]4COC[C@@H]4NC(=O)C=C)nc32)cc1. The molecule has 1 aliphatic heterocycles. The van der Waals surface area contributed by atoms with Crippen molar-refractivity contribution in [1.82, 2.24) is 19.9 Å². The van der Waals surface area contributed by atoms with Crippen LogP contribution in [0, 0.1) is 0 Å². The van der Waals surface area contributed by atoms with Gasteiger partial charge in [0.2, 0.25) is 17.8 Å². The van der Waals surface area contributed by atoms with E-state index in [-0.39, 0.29) is 69.1 Å². The van der Waals surface area contributed by atoms with Gasteiger partial charge in [0.05, 0.1) is 61.7 Å². The molecule has 12 nitrogen and oxygen atoms in total. The average Bonchev–Trinajstić information content (AvgIpc) is 3.49.